The average molecular weight is 360 g/mol. The van der Waals surface area contributed by atoms with Crippen molar-refractivity contribution < 1.29 is 13.2 Å². The van der Waals surface area contributed by atoms with Crippen molar-refractivity contribution in [3.05, 3.63) is 15.6 Å². The first-order valence-electron chi connectivity index (χ1n) is 7.94. The predicted molar refractivity (Wildman–Crippen MR) is 92.5 cm³/mol. The van der Waals surface area contributed by atoms with Gasteiger partial charge < -0.3 is 10.2 Å². The summed E-state index contributed by atoms with van der Waals surface area (Å²) in [6.07, 6.45) is 3.88. The Morgan fingerprint density at radius 3 is 2.83 bits per heavy atom. The molecule has 8 heteroatoms. The third kappa shape index (κ3) is 5.46. The molecule has 1 aliphatic rings. The van der Waals surface area contributed by atoms with Crippen LogP contribution in [0.1, 0.15) is 35.3 Å². The second kappa shape index (κ2) is 7.61. The minimum Gasteiger partial charge on any atom is -0.333 e. The molecular formula is C15H25N3O3S2. The van der Waals surface area contributed by atoms with Crippen LogP contribution in [0.25, 0.3) is 0 Å². The SMILES string of the molecule is CCc1nc(C)c(CNC(=O)N2CCC[C@@H](CS(C)(=O)=O)C2)s1. The fraction of sp³-hybridized carbons (Fsp3) is 0.733. The molecule has 0 aromatic carbocycles. The number of likely N-dealkylation sites (tertiary alicyclic amines) is 1. The summed E-state index contributed by atoms with van der Waals surface area (Å²) < 4.78 is 22.9. The summed E-state index contributed by atoms with van der Waals surface area (Å²) in [5.74, 6) is 0.200. The van der Waals surface area contributed by atoms with E-state index in [-0.39, 0.29) is 17.7 Å². The first kappa shape index (κ1) is 18.2. The van der Waals surface area contributed by atoms with Crippen molar-refractivity contribution in [2.24, 2.45) is 5.92 Å². The van der Waals surface area contributed by atoms with Crippen LogP contribution in [0.5, 0.6) is 0 Å². The molecule has 1 aromatic rings. The van der Waals surface area contributed by atoms with E-state index in [4.69, 9.17) is 0 Å². The summed E-state index contributed by atoms with van der Waals surface area (Å²) in [6, 6.07) is -0.117. The Bertz CT molecular complexity index is 655. The first-order valence-corrected chi connectivity index (χ1v) is 10.8. The number of rotatable bonds is 5. The second-order valence-corrected chi connectivity index (χ2v) is 9.53. The van der Waals surface area contributed by atoms with Gasteiger partial charge in [-0.05, 0) is 32.1 Å². The number of urea groups is 1. The monoisotopic (exact) mass is 359 g/mol. The number of nitrogens with one attached hydrogen (secondary N) is 1. The molecule has 0 bridgehead atoms. The maximum absolute atomic E-state index is 12.3. The number of carbonyl (C=O) groups is 1. The zero-order chi connectivity index (χ0) is 17.0. The van der Waals surface area contributed by atoms with E-state index in [1.165, 1.54) is 6.26 Å². The Labute approximate surface area is 142 Å². The number of nitrogens with zero attached hydrogens (tertiary/aromatic N) is 2. The minimum atomic E-state index is -3.00. The Kier molecular flexibility index (Phi) is 6.02. The van der Waals surface area contributed by atoms with Crippen molar-refractivity contribution in [1.29, 1.82) is 0 Å². The molecule has 1 aromatic heterocycles. The molecule has 0 unspecified atom stereocenters. The van der Waals surface area contributed by atoms with E-state index in [9.17, 15) is 13.2 Å². The zero-order valence-electron chi connectivity index (χ0n) is 14.0. The van der Waals surface area contributed by atoms with Crippen LogP contribution in [0.3, 0.4) is 0 Å². The molecule has 2 heterocycles. The topological polar surface area (TPSA) is 79.4 Å². The van der Waals surface area contributed by atoms with Crippen LogP contribution in [-0.4, -0.2) is 49.4 Å². The maximum Gasteiger partial charge on any atom is 0.317 e. The number of aryl methyl sites for hydroxylation is 2. The summed E-state index contributed by atoms with van der Waals surface area (Å²) >= 11 is 1.63. The molecule has 2 rings (SSSR count). The van der Waals surface area contributed by atoms with Crippen LogP contribution < -0.4 is 5.32 Å². The van der Waals surface area contributed by atoms with Crippen molar-refractivity contribution in [2.45, 2.75) is 39.7 Å². The van der Waals surface area contributed by atoms with Crippen molar-refractivity contribution in [1.82, 2.24) is 15.2 Å². The lowest BCUT2D eigenvalue weighted by Gasteiger charge is -2.32. The fourth-order valence-corrected chi connectivity index (χ4v) is 4.96. The molecule has 0 aliphatic carbocycles. The Hall–Kier alpha value is -1.15. The molecule has 1 N–H and O–H groups in total. The normalized spacial score (nSPS) is 18.9. The van der Waals surface area contributed by atoms with Crippen molar-refractivity contribution in [3.63, 3.8) is 0 Å². The van der Waals surface area contributed by atoms with Crippen molar-refractivity contribution >= 4 is 27.2 Å². The molecule has 1 aliphatic heterocycles. The van der Waals surface area contributed by atoms with Gasteiger partial charge in [-0.3, -0.25) is 0 Å². The van der Waals surface area contributed by atoms with Gasteiger partial charge >= 0.3 is 6.03 Å². The number of aromatic nitrogens is 1. The zero-order valence-corrected chi connectivity index (χ0v) is 15.6. The minimum absolute atomic E-state index is 0.0429. The van der Waals surface area contributed by atoms with Crippen LogP contribution in [0, 0.1) is 12.8 Å². The Balaban J connectivity index is 1.88. The molecule has 0 saturated carbocycles. The van der Waals surface area contributed by atoms with Gasteiger partial charge in [0.15, 0.2) is 0 Å². The lowest BCUT2D eigenvalue weighted by Crippen LogP contribution is -2.46. The van der Waals surface area contributed by atoms with Gasteiger partial charge in [-0.15, -0.1) is 11.3 Å². The van der Waals surface area contributed by atoms with E-state index in [1.54, 1.807) is 16.2 Å². The van der Waals surface area contributed by atoms with E-state index in [0.717, 1.165) is 34.8 Å². The third-order valence-corrected chi connectivity index (χ3v) is 6.36. The molecule has 0 radical (unpaired) electrons. The number of hydrogen-bond acceptors (Lipinski definition) is 5. The standard InChI is InChI=1S/C15H25N3O3S2/c1-4-14-17-11(2)13(22-14)8-16-15(19)18-7-5-6-12(9-18)10-23(3,20)21/h12H,4-10H2,1-3H3,(H,16,19)/t12-/m1/s1. The Morgan fingerprint density at radius 1 is 1.48 bits per heavy atom. The highest BCUT2D eigenvalue weighted by molar-refractivity contribution is 7.90. The number of sulfone groups is 1. The summed E-state index contributed by atoms with van der Waals surface area (Å²) in [7, 11) is -3.00. The molecule has 2 amide bonds. The first-order chi connectivity index (χ1) is 10.8. The highest BCUT2D eigenvalue weighted by atomic mass is 32.2. The fourth-order valence-electron chi connectivity index (χ4n) is 2.88. The average Bonchev–Trinajstić information content (AvgIpc) is 2.83. The number of hydrogen-bond donors (Lipinski definition) is 1. The van der Waals surface area contributed by atoms with Crippen molar-refractivity contribution in [3.8, 4) is 0 Å². The number of amides is 2. The molecule has 23 heavy (non-hydrogen) atoms. The van der Waals surface area contributed by atoms with Gasteiger partial charge in [-0.1, -0.05) is 6.92 Å². The molecular weight excluding hydrogens is 334 g/mol. The summed E-state index contributed by atoms with van der Waals surface area (Å²) in [5, 5.41) is 4.02. The third-order valence-electron chi connectivity index (χ3n) is 3.98. The Morgan fingerprint density at radius 2 is 2.22 bits per heavy atom. The van der Waals surface area contributed by atoms with Gasteiger partial charge in [0.05, 0.1) is 23.0 Å². The smallest absolute Gasteiger partial charge is 0.317 e. The quantitative estimate of drug-likeness (QED) is 0.872. The van der Waals surface area contributed by atoms with E-state index in [0.29, 0.717) is 19.6 Å². The number of carbonyl (C=O) groups excluding carboxylic acids is 1. The van der Waals surface area contributed by atoms with Crippen LogP contribution in [-0.2, 0) is 22.8 Å². The number of thiazole rings is 1. The summed E-state index contributed by atoms with van der Waals surface area (Å²) in [5.41, 5.74) is 0.973. The lowest BCUT2D eigenvalue weighted by atomic mass is 10.0. The van der Waals surface area contributed by atoms with Gasteiger partial charge in [0.2, 0.25) is 0 Å². The molecule has 1 saturated heterocycles. The van der Waals surface area contributed by atoms with Crippen LogP contribution in [0.15, 0.2) is 0 Å². The molecule has 6 nitrogen and oxygen atoms in total. The molecule has 1 atom stereocenters. The van der Waals surface area contributed by atoms with E-state index >= 15 is 0 Å². The maximum atomic E-state index is 12.3. The number of piperidine rings is 1. The predicted octanol–water partition coefficient (Wildman–Crippen LogP) is 1.98. The second-order valence-electron chi connectivity index (χ2n) is 6.18. The lowest BCUT2D eigenvalue weighted by molar-refractivity contribution is 0.170. The highest BCUT2D eigenvalue weighted by Gasteiger charge is 2.26. The van der Waals surface area contributed by atoms with Crippen LogP contribution in [0.4, 0.5) is 4.79 Å². The van der Waals surface area contributed by atoms with Gasteiger partial charge in [0.1, 0.15) is 9.84 Å². The van der Waals surface area contributed by atoms with Crippen LogP contribution >= 0.6 is 11.3 Å². The van der Waals surface area contributed by atoms with E-state index in [2.05, 4.69) is 17.2 Å². The molecule has 130 valence electrons. The van der Waals surface area contributed by atoms with Gasteiger partial charge in [0.25, 0.3) is 0 Å². The molecule has 0 spiro atoms. The largest absolute Gasteiger partial charge is 0.333 e. The van der Waals surface area contributed by atoms with Crippen LogP contribution in [0.2, 0.25) is 0 Å². The van der Waals surface area contributed by atoms with Gasteiger partial charge in [0, 0.05) is 24.2 Å². The highest BCUT2D eigenvalue weighted by Crippen LogP contribution is 2.20. The van der Waals surface area contributed by atoms with Crippen molar-refractivity contribution in [2.75, 3.05) is 25.1 Å². The summed E-state index contributed by atoms with van der Waals surface area (Å²) in [4.78, 5) is 19.6. The molecule has 1 fully saturated rings. The van der Waals surface area contributed by atoms with Gasteiger partial charge in [-0.2, -0.15) is 0 Å². The van der Waals surface area contributed by atoms with E-state index in [1.807, 2.05) is 6.92 Å². The van der Waals surface area contributed by atoms with E-state index < -0.39 is 9.84 Å². The van der Waals surface area contributed by atoms with Gasteiger partial charge in [-0.25, -0.2) is 18.2 Å². The summed E-state index contributed by atoms with van der Waals surface area (Å²) in [6.45, 7) is 5.71.